The minimum atomic E-state index is -0.0549. The summed E-state index contributed by atoms with van der Waals surface area (Å²) >= 11 is 3.05. The summed E-state index contributed by atoms with van der Waals surface area (Å²) in [7, 11) is 0. The molecular formula is C11H15N3OS2. The molecule has 1 aromatic heterocycles. The average Bonchev–Trinajstić information content (AvgIpc) is 2.76. The molecule has 0 aliphatic carbocycles. The number of nitrogens with two attached hydrogens (primary N) is 1. The predicted molar refractivity (Wildman–Crippen MR) is 73.3 cm³/mol. The lowest BCUT2D eigenvalue weighted by molar-refractivity contribution is -0.115. The third-order valence-electron chi connectivity index (χ3n) is 2.10. The first kappa shape index (κ1) is 14.0. The zero-order valence-corrected chi connectivity index (χ0v) is 11.2. The molecule has 1 unspecified atom stereocenters. The summed E-state index contributed by atoms with van der Waals surface area (Å²) in [6, 6.07) is 3.74. The molecule has 92 valence electrons. The predicted octanol–water partition coefficient (Wildman–Crippen LogP) is 2.03. The molecule has 1 atom stereocenters. The van der Waals surface area contributed by atoms with Crippen LogP contribution >= 0.6 is 23.1 Å². The average molecular weight is 269 g/mol. The summed E-state index contributed by atoms with van der Waals surface area (Å²) in [5, 5.41) is 14.3. The van der Waals surface area contributed by atoms with Crippen LogP contribution in [0, 0.1) is 11.3 Å². The number of nitrogens with one attached hydrogen (secondary N) is 1. The quantitative estimate of drug-likeness (QED) is 0.828. The van der Waals surface area contributed by atoms with Crippen LogP contribution in [0.15, 0.2) is 11.4 Å². The summed E-state index contributed by atoms with van der Waals surface area (Å²) in [5.74, 6) is 0.693. The maximum Gasteiger partial charge on any atom is 0.225 e. The lowest BCUT2D eigenvalue weighted by Gasteiger charge is -2.07. The number of anilines is 1. The molecule has 0 aliphatic rings. The summed E-state index contributed by atoms with van der Waals surface area (Å²) in [4.78, 5) is 11.6. The first-order valence-corrected chi connectivity index (χ1v) is 7.19. The van der Waals surface area contributed by atoms with Crippen LogP contribution in [0.4, 0.5) is 5.00 Å². The first-order valence-electron chi connectivity index (χ1n) is 5.26. The van der Waals surface area contributed by atoms with E-state index in [0.29, 0.717) is 28.8 Å². The molecule has 0 radical (unpaired) electrons. The van der Waals surface area contributed by atoms with Crippen molar-refractivity contribution in [3.63, 3.8) is 0 Å². The van der Waals surface area contributed by atoms with E-state index < -0.39 is 0 Å². The van der Waals surface area contributed by atoms with Gasteiger partial charge in [0.15, 0.2) is 0 Å². The lowest BCUT2D eigenvalue weighted by atomic mass is 10.3. The highest BCUT2D eigenvalue weighted by Gasteiger charge is 2.08. The van der Waals surface area contributed by atoms with Gasteiger partial charge in [-0.1, -0.05) is 6.92 Å². The fraction of sp³-hybridized carbons (Fsp3) is 0.455. The zero-order chi connectivity index (χ0) is 12.7. The molecule has 3 N–H and O–H groups in total. The van der Waals surface area contributed by atoms with Crippen LogP contribution in [0.25, 0.3) is 0 Å². The number of amides is 1. The molecule has 17 heavy (non-hydrogen) atoms. The fourth-order valence-corrected chi connectivity index (χ4v) is 2.70. The molecule has 0 fully saturated rings. The van der Waals surface area contributed by atoms with Crippen molar-refractivity contribution in [2.75, 3.05) is 17.6 Å². The normalized spacial score (nSPS) is 11.8. The van der Waals surface area contributed by atoms with Gasteiger partial charge in [-0.25, -0.2) is 0 Å². The van der Waals surface area contributed by atoms with Gasteiger partial charge in [0.25, 0.3) is 0 Å². The molecule has 6 heteroatoms. The van der Waals surface area contributed by atoms with Crippen molar-refractivity contribution in [3.05, 3.63) is 17.0 Å². The van der Waals surface area contributed by atoms with Crippen LogP contribution in [-0.2, 0) is 4.79 Å². The SMILES string of the molecule is CC(CN)SCCC(=O)Nc1sccc1C#N. The minimum Gasteiger partial charge on any atom is -0.329 e. The Balaban J connectivity index is 2.33. The van der Waals surface area contributed by atoms with Crippen molar-refractivity contribution in [2.45, 2.75) is 18.6 Å². The Hall–Kier alpha value is -1.03. The van der Waals surface area contributed by atoms with E-state index in [2.05, 4.69) is 5.32 Å². The maximum atomic E-state index is 11.6. The molecule has 0 aromatic carbocycles. The molecule has 0 saturated heterocycles. The van der Waals surface area contributed by atoms with E-state index in [-0.39, 0.29) is 5.91 Å². The van der Waals surface area contributed by atoms with Gasteiger partial charge in [-0.15, -0.1) is 11.3 Å². The Labute approximate surface area is 109 Å². The molecule has 0 spiro atoms. The third kappa shape index (κ3) is 4.77. The molecular weight excluding hydrogens is 254 g/mol. The molecule has 1 aromatic rings. The van der Waals surface area contributed by atoms with E-state index in [1.54, 1.807) is 23.2 Å². The van der Waals surface area contributed by atoms with Crippen molar-refractivity contribution in [2.24, 2.45) is 5.73 Å². The van der Waals surface area contributed by atoms with Gasteiger partial charge < -0.3 is 11.1 Å². The molecule has 1 heterocycles. The smallest absolute Gasteiger partial charge is 0.225 e. The van der Waals surface area contributed by atoms with E-state index in [0.717, 1.165) is 5.75 Å². The van der Waals surface area contributed by atoms with Crippen LogP contribution in [0.3, 0.4) is 0 Å². The van der Waals surface area contributed by atoms with Crippen LogP contribution < -0.4 is 11.1 Å². The topological polar surface area (TPSA) is 78.9 Å². The van der Waals surface area contributed by atoms with Crippen molar-refractivity contribution >= 4 is 34.0 Å². The molecule has 4 nitrogen and oxygen atoms in total. The van der Waals surface area contributed by atoms with Crippen LogP contribution in [0.1, 0.15) is 18.9 Å². The van der Waals surface area contributed by atoms with E-state index in [1.807, 2.05) is 13.0 Å². The Morgan fingerprint density at radius 1 is 1.76 bits per heavy atom. The van der Waals surface area contributed by atoms with E-state index in [1.165, 1.54) is 11.3 Å². The summed E-state index contributed by atoms with van der Waals surface area (Å²) in [5.41, 5.74) is 6.00. The fourth-order valence-electron chi connectivity index (χ4n) is 1.10. The number of nitriles is 1. The number of carbonyl (C=O) groups is 1. The molecule has 0 bridgehead atoms. The molecule has 1 amide bonds. The van der Waals surface area contributed by atoms with Gasteiger partial charge in [-0.05, 0) is 11.4 Å². The number of hydrogen-bond donors (Lipinski definition) is 2. The highest BCUT2D eigenvalue weighted by Crippen LogP contribution is 2.22. The second kappa shape index (κ2) is 7.33. The van der Waals surface area contributed by atoms with E-state index >= 15 is 0 Å². The van der Waals surface area contributed by atoms with Crippen molar-refractivity contribution < 1.29 is 4.79 Å². The number of thiophene rings is 1. The largest absolute Gasteiger partial charge is 0.329 e. The summed E-state index contributed by atoms with van der Waals surface area (Å²) in [6.07, 6.45) is 0.442. The summed E-state index contributed by atoms with van der Waals surface area (Å²) in [6.45, 7) is 2.66. The summed E-state index contributed by atoms with van der Waals surface area (Å²) < 4.78 is 0. The number of thioether (sulfide) groups is 1. The number of rotatable bonds is 6. The molecule has 1 rings (SSSR count). The standard InChI is InChI=1S/C11H15N3OS2/c1-8(6-12)16-5-3-10(15)14-11-9(7-13)2-4-17-11/h2,4,8H,3,5-6,12H2,1H3,(H,14,15). The first-order chi connectivity index (χ1) is 8.17. The second-order valence-electron chi connectivity index (χ2n) is 3.49. The van der Waals surface area contributed by atoms with Gasteiger partial charge in [0, 0.05) is 24.0 Å². The Bertz CT molecular complexity index is 411. The van der Waals surface area contributed by atoms with E-state index in [4.69, 9.17) is 11.0 Å². The molecule has 0 aliphatic heterocycles. The van der Waals surface area contributed by atoms with Gasteiger partial charge in [-0.2, -0.15) is 17.0 Å². The van der Waals surface area contributed by atoms with Crippen LogP contribution in [-0.4, -0.2) is 23.5 Å². The molecule has 0 saturated carbocycles. The van der Waals surface area contributed by atoms with Crippen molar-refractivity contribution in [3.8, 4) is 6.07 Å². The van der Waals surface area contributed by atoms with Gasteiger partial charge in [0.05, 0.1) is 5.56 Å². The highest BCUT2D eigenvalue weighted by molar-refractivity contribution is 7.99. The van der Waals surface area contributed by atoms with Crippen molar-refractivity contribution in [1.82, 2.24) is 0 Å². The Morgan fingerprint density at radius 3 is 3.18 bits per heavy atom. The van der Waals surface area contributed by atoms with Crippen molar-refractivity contribution in [1.29, 1.82) is 5.26 Å². The van der Waals surface area contributed by atoms with Crippen LogP contribution in [0.5, 0.6) is 0 Å². The Morgan fingerprint density at radius 2 is 2.53 bits per heavy atom. The number of hydrogen-bond acceptors (Lipinski definition) is 5. The highest BCUT2D eigenvalue weighted by atomic mass is 32.2. The van der Waals surface area contributed by atoms with Gasteiger partial charge in [0.2, 0.25) is 5.91 Å². The Kier molecular flexibility index (Phi) is 6.05. The van der Waals surface area contributed by atoms with Crippen LogP contribution in [0.2, 0.25) is 0 Å². The third-order valence-corrected chi connectivity index (χ3v) is 4.13. The number of nitrogens with zero attached hydrogens (tertiary/aromatic N) is 1. The van der Waals surface area contributed by atoms with E-state index in [9.17, 15) is 4.79 Å². The lowest BCUT2D eigenvalue weighted by Crippen LogP contribution is -2.16. The number of carbonyl (C=O) groups excluding carboxylic acids is 1. The van der Waals surface area contributed by atoms with Gasteiger partial charge in [-0.3, -0.25) is 4.79 Å². The van der Waals surface area contributed by atoms with Gasteiger partial charge in [0.1, 0.15) is 11.1 Å². The monoisotopic (exact) mass is 269 g/mol. The zero-order valence-electron chi connectivity index (χ0n) is 9.60. The van der Waals surface area contributed by atoms with Gasteiger partial charge >= 0.3 is 0 Å². The maximum absolute atomic E-state index is 11.6. The second-order valence-corrected chi connectivity index (χ2v) is 5.95. The minimum absolute atomic E-state index is 0.0549.